The smallest absolute Gasteiger partial charge is 0.212 e. The van der Waals surface area contributed by atoms with Crippen LogP contribution >= 0.6 is 0 Å². The number of aromatic nitrogens is 2. The first-order valence-corrected chi connectivity index (χ1v) is 16.9. The van der Waals surface area contributed by atoms with Crippen molar-refractivity contribution in [3.8, 4) is 40.7 Å². The van der Waals surface area contributed by atoms with Crippen LogP contribution in [0.15, 0.2) is 138 Å². The number of para-hydroxylation sites is 4. The molecule has 0 fully saturated rings. The number of nitrogens with zero attached hydrogens (tertiary/aromatic N) is 6. The zero-order chi connectivity index (χ0) is 35.8. The lowest BCUT2D eigenvalue weighted by Gasteiger charge is -2.20. The van der Waals surface area contributed by atoms with Gasteiger partial charge in [0.05, 0.1) is 63.3 Å². The van der Waals surface area contributed by atoms with Crippen molar-refractivity contribution in [3.63, 3.8) is 0 Å². The minimum absolute atomic E-state index is 0.254. The maximum absolute atomic E-state index is 11.2. The normalized spacial score (nSPS) is 11.3. The maximum Gasteiger partial charge on any atom is 0.212 e. The van der Waals surface area contributed by atoms with E-state index in [9.17, 15) is 15.8 Å². The number of hydrogen-bond donors (Lipinski definition) is 0. The number of furan rings is 1. The Morgan fingerprint density at radius 3 is 1.75 bits per heavy atom. The van der Waals surface area contributed by atoms with Gasteiger partial charge in [-0.25, -0.2) is 4.85 Å². The van der Waals surface area contributed by atoms with Gasteiger partial charge in [0.25, 0.3) is 0 Å². The molecule has 10 aromatic rings. The van der Waals surface area contributed by atoms with Crippen molar-refractivity contribution >= 4 is 71.2 Å². The minimum Gasteiger partial charge on any atom is -0.456 e. The molecular weight excluding hydrogens is 653 g/mol. The lowest BCUT2D eigenvalue weighted by Crippen LogP contribution is -2.04. The molecule has 0 saturated carbocycles. The molecule has 53 heavy (non-hydrogen) atoms. The van der Waals surface area contributed by atoms with E-state index in [2.05, 4.69) is 35.2 Å². The minimum atomic E-state index is 0.254. The second kappa shape index (κ2) is 11.2. The topological polar surface area (TPSA) is 98.7 Å². The van der Waals surface area contributed by atoms with Crippen LogP contribution in [0.5, 0.6) is 0 Å². The van der Waals surface area contributed by atoms with Gasteiger partial charge in [-0.15, -0.1) is 0 Å². The zero-order valence-electron chi connectivity index (χ0n) is 27.8. The van der Waals surface area contributed by atoms with Crippen LogP contribution in [0.4, 0.5) is 5.69 Å². The van der Waals surface area contributed by atoms with Crippen molar-refractivity contribution in [2.24, 2.45) is 0 Å². The summed E-state index contributed by atoms with van der Waals surface area (Å²) < 4.78 is 10.4. The molecule has 7 nitrogen and oxygen atoms in total. The van der Waals surface area contributed by atoms with Crippen molar-refractivity contribution < 1.29 is 4.42 Å². The molecule has 0 bridgehead atoms. The van der Waals surface area contributed by atoms with Crippen LogP contribution in [0.1, 0.15) is 16.7 Å². The van der Waals surface area contributed by atoms with Gasteiger partial charge < -0.3 is 13.6 Å². The number of rotatable bonds is 3. The number of nitriles is 3. The van der Waals surface area contributed by atoms with Crippen LogP contribution in [-0.2, 0) is 0 Å². The summed E-state index contributed by atoms with van der Waals surface area (Å²) in [7, 11) is 0. The highest BCUT2D eigenvalue weighted by Crippen LogP contribution is 2.46. The summed E-state index contributed by atoms with van der Waals surface area (Å²) in [6.45, 7) is 8.33. The Morgan fingerprint density at radius 2 is 1.09 bits per heavy atom. The molecule has 0 radical (unpaired) electrons. The Hall–Kier alpha value is -8.10. The lowest BCUT2D eigenvalue weighted by molar-refractivity contribution is 0.669. The van der Waals surface area contributed by atoms with Gasteiger partial charge in [-0.1, -0.05) is 72.8 Å². The van der Waals surface area contributed by atoms with E-state index in [-0.39, 0.29) is 11.3 Å². The third-order valence-electron chi connectivity index (χ3n) is 10.2. The van der Waals surface area contributed by atoms with Gasteiger partial charge in [-0.2, -0.15) is 15.8 Å². The Labute approximate surface area is 302 Å². The SMILES string of the molecule is [C-]#[N+]c1cc(C#N)cc(-c2cc(C#N)cc(-n3c4ccccc4c4c5c(ccc43)oc3ccccc35)c2C#N)c1-n1c2ccccc2c2ccccc21. The predicted molar refractivity (Wildman–Crippen MR) is 208 cm³/mol. The summed E-state index contributed by atoms with van der Waals surface area (Å²) in [5.41, 5.74) is 8.13. The molecule has 242 valence electrons. The highest BCUT2D eigenvalue weighted by molar-refractivity contribution is 6.27. The van der Waals surface area contributed by atoms with Crippen LogP contribution in [0.3, 0.4) is 0 Å². The second-order valence-corrected chi connectivity index (χ2v) is 12.9. The van der Waals surface area contributed by atoms with Crippen molar-refractivity contribution in [2.75, 3.05) is 0 Å². The van der Waals surface area contributed by atoms with E-state index >= 15 is 0 Å². The molecule has 0 saturated heterocycles. The molecule has 0 aliphatic rings. The quantitative estimate of drug-likeness (QED) is 0.174. The van der Waals surface area contributed by atoms with E-state index in [1.54, 1.807) is 24.3 Å². The third-order valence-corrected chi connectivity index (χ3v) is 10.2. The number of fused-ring (bicyclic) bond motifs is 10. The number of benzene rings is 7. The van der Waals surface area contributed by atoms with Crippen LogP contribution in [0, 0.1) is 40.6 Å². The second-order valence-electron chi connectivity index (χ2n) is 12.9. The van der Waals surface area contributed by atoms with E-state index in [1.807, 2.05) is 106 Å². The Balaban J connectivity index is 1.37. The molecule has 0 amide bonds. The first-order valence-electron chi connectivity index (χ1n) is 16.9. The van der Waals surface area contributed by atoms with Gasteiger partial charge in [0.15, 0.2) is 0 Å². The Kier molecular flexibility index (Phi) is 6.30. The molecule has 7 aromatic carbocycles. The van der Waals surface area contributed by atoms with Gasteiger partial charge in [0, 0.05) is 43.4 Å². The molecule has 10 rings (SSSR count). The highest BCUT2D eigenvalue weighted by Gasteiger charge is 2.26. The van der Waals surface area contributed by atoms with E-state index < -0.39 is 0 Å². The van der Waals surface area contributed by atoms with Gasteiger partial charge in [-0.3, -0.25) is 0 Å². The molecule has 0 aliphatic carbocycles. The summed E-state index contributed by atoms with van der Waals surface area (Å²) >= 11 is 0. The van der Waals surface area contributed by atoms with Crippen molar-refractivity contribution in [1.82, 2.24) is 9.13 Å². The van der Waals surface area contributed by atoms with Gasteiger partial charge >= 0.3 is 0 Å². The van der Waals surface area contributed by atoms with Crippen LogP contribution in [0.25, 0.3) is 92.9 Å². The average Bonchev–Trinajstić information content (AvgIpc) is 3.87. The predicted octanol–water partition coefficient (Wildman–Crippen LogP) is 11.6. The Morgan fingerprint density at radius 1 is 0.509 bits per heavy atom. The van der Waals surface area contributed by atoms with Gasteiger partial charge in [0.1, 0.15) is 17.2 Å². The standard InChI is InChI=1S/C46H22N6O/c1-50-36-22-27(24-47)21-34(46(36)52-37-14-6-2-10-29(37)30-11-3-7-15-38(30)52)33-20-28(25-48)23-41(35(33)26-49)51-39-16-8-4-12-31(39)44-40(51)18-19-43-45(44)32-13-5-9-17-42(32)53-43/h2-23H. The van der Waals surface area contributed by atoms with Crippen LogP contribution in [0.2, 0.25) is 0 Å². The van der Waals surface area contributed by atoms with Crippen LogP contribution in [-0.4, -0.2) is 9.13 Å². The van der Waals surface area contributed by atoms with Crippen molar-refractivity contribution in [2.45, 2.75) is 0 Å². The average molecular weight is 675 g/mol. The van der Waals surface area contributed by atoms with E-state index in [0.29, 0.717) is 33.6 Å². The fourth-order valence-electron chi connectivity index (χ4n) is 8.10. The fourth-order valence-corrected chi connectivity index (χ4v) is 8.10. The summed E-state index contributed by atoms with van der Waals surface area (Å²) in [6.07, 6.45) is 0. The third kappa shape index (κ3) is 4.11. The summed E-state index contributed by atoms with van der Waals surface area (Å²) in [6, 6.07) is 49.7. The first-order chi connectivity index (χ1) is 26.1. The fraction of sp³-hybridized carbons (Fsp3) is 0. The molecule has 0 unspecified atom stereocenters. The molecule has 0 aliphatic heterocycles. The molecule has 3 heterocycles. The molecule has 0 N–H and O–H groups in total. The summed E-state index contributed by atoms with van der Waals surface area (Å²) in [5, 5.41) is 37.8. The van der Waals surface area contributed by atoms with Crippen LogP contribution < -0.4 is 0 Å². The van der Waals surface area contributed by atoms with E-state index in [0.717, 1.165) is 65.6 Å². The highest BCUT2D eigenvalue weighted by atomic mass is 16.3. The van der Waals surface area contributed by atoms with Crippen molar-refractivity contribution in [1.29, 1.82) is 15.8 Å². The molecule has 3 aromatic heterocycles. The first kappa shape index (κ1) is 29.8. The Bertz CT molecular complexity index is 3350. The van der Waals surface area contributed by atoms with Gasteiger partial charge in [0.2, 0.25) is 5.69 Å². The molecule has 0 spiro atoms. The molecule has 7 heteroatoms. The summed E-state index contributed by atoms with van der Waals surface area (Å²) in [4.78, 5) is 3.95. The zero-order valence-corrected chi connectivity index (χ0v) is 27.8. The van der Waals surface area contributed by atoms with E-state index in [4.69, 9.17) is 11.0 Å². The monoisotopic (exact) mass is 674 g/mol. The van der Waals surface area contributed by atoms with Crippen molar-refractivity contribution in [3.05, 3.63) is 162 Å². The number of hydrogen-bond acceptors (Lipinski definition) is 4. The lowest BCUT2D eigenvalue weighted by atomic mass is 9.92. The molecule has 0 atom stereocenters. The summed E-state index contributed by atoms with van der Waals surface area (Å²) in [5.74, 6) is 0. The largest absolute Gasteiger partial charge is 0.456 e. The molecular formula is C46H22N6O. The maximum atomic E-state index is 11.2. The van der Waals surface area contributed by atoms with Gasteiger partial charge in [-0.05, 0) is 66.2 Å². The van der Waals surface area contributed by atoms with E-state index in [1.165, 1.54) is 0 Å².